The zero-order valence-corrected chi connectivity index (χ0v) is 22.7. The number of ketones is 2. The highest BCUT2D eigenvalue weighted by atomic mass is 16.4. The Bertz CT molecular complexity index is 1260. The van der Waals surface area contributed by atoms with E-state index < -0.39 is 44.6 Å². The van der Waals surface area contributed by atoms with E-state index >= 15 is 0 Å². The Morgan fingerprint density at radius 2 is 1.62 bits per heavy atom. The average molecular weight is 506 g/mol. The maximum Gasteiger partial charge on any atom is 0.310 e. The fourth-order valence-corrected chi connectivity index (χ4v) is 10.4. The minimum Gasteiger partial charge on any atom is -0.481 e. The molecule has 6 heteroatoms. The van der Waals surface area contributed by atoms with Gasteiger partial charge >= 0.3 is 5.97 Å². The van der Waals surface area contributed by atoms with Crippen molar-refractivity contribution in [2.45, 2.75) is 98.0 Å². The highest BCUT2D eigenvalue weighted by Crippen LogP contribution is 2.77. The topological polar surface area (TPSA) is 115 Å². The number of hydrogen-bond donors (Lipinski definition) is 2. The standard InChI is InChI=1S/C31H39NO5/c1-25(2)8-10-30(24(35)36)11-9-28(5)27(4)7-6-19-26(3,15-18(17-32)23(34)29(19)12-13-29)20(27)14-22(33)31(28,37)21(30)16-25/h14-15,19,21,37H,6-13,16H2,1-5H3,(H,35,36)/t19-,21?,26+,27-,28+,30+,31-/m1/s1. The van der Waals surface area contributed by atoms with Crippen molar-refractivity contribution in [3.63, 3.8) is 0 Å². The number of hydrogen-bond acceptors (Lipinski definition) is 5. The summed E-state index contributed by atoms with van der Waals surface area (Å²) in [6, 6.07) is 2.15. The molecule has 1 unspecified atom stereocenters. The van der Waals surface area contributed by atoms with Crippen LogP contribution >= 0.6 is 0 Å². The number of carbonyl (C=O) groups is 3. The molecule has 2 N–H and O–H groups in total. The van der Waals surface area contributed by atoms with E-state index in [1.807, 2.05) is 13.0 Å². The van der Waals surface area contributed by atoms with Gasteiger partial charge in [0, 0.05) is 22.2 Å². The molecule has 6 aliphatic rings. The first-order valence-corrected chi connectivity index (χ1v) is 14.0. The molecule has 7 atom stereocenters. The molecule has 0 aromatic heterocycles. The van der Waals surface area contributed by atoms with E-state index in [9.17, 15) is 29.9 Å². The van der Waals surface area contributed by atoms with Crippen LogP contribution in [0.5, 0.6) is 0 Å². The van der Waals surface area contributed by atoms with Crippen LogP contribution in [-0.4, -0.2) is 33.3 Å². The number of fused-ring (bicyclic) bond motifs is 8. The molecule has 0 saturated heterocycles. The molecular weight excluding hydrogens is 466 g/mol. The predicted molar refractivity (Wildman–Crippen MR) is 136 cm³/mol. The quantitative estimate of drug-likeness (QED) is 0.509. The van der Waals surface area contributed by atoms with Crippen molar-refractivity contribution in [2.75, 3.05) is 0 Å². The summed E-state index contributed by atoms with van der Waals surface area (Å²) in [5, 5.41) is 33.1. The van der Waals surface area contributed by atoms with Crippen LogP contribution in [0.4, 0.5) is 0 Å². The lowest BCUT2D eigenvalue weighted by molar-refractivity contribution is -0.246. The molecule has 1 spiro atoms. The van der Waals surface area contributed by atoms with E-state index in [1.54, 1.807) is 6.08 Å². The van der Waals surface area contributed by atoms with E-state index in [-0.39, 0.29) is 28.5 Å². The summed E-state index contributed by atoms with van der Waals surface area (Å²) in [5.74, 6) is -1.96. The van der Waals surface area contributed by atoms with Crippen LogP contribution in [0.15, 0.2) is 23.3 Å². The maximum atomic E-state index is 14.3. The van der Waals surface area contributed by atoms with Crippen molar-refractivity contribution in [2.24, 2.45) is 44.3 Å². The van der Waals surface area contributed by atoms with E-state index in [1.165, 1.54) is 0 Å². The second kappa shape index (κ2) is 6.84. The van der Waals surface area contributed by atoms with Crippen LogP contribution in [0.3, 0.4) is 0 Å². The van der Waals surface area contributed by atoms with Crippen LogP contribution in [-0.2, 0) is 14.4 Å². The lowest BCUT2D eigenvalue weighted by atomic mass is 9.33. The van der Waals surface area contributed by atoms with Crippen LogP contribution in [0.2, 0.25) is 0 Å². The molecule has 0 heterocycles. The number of carboxylic acid groups (broad SMARTS) is 1. The summed E-state index contributed by atoms with van der Waals surface area (Å²) in [4.78, 5) is 40.4. The van der Waals surface area contributed by atoms with Gasteiger partial charge in [-0.25, -0.2) is 0 Å². The zero-order valence-electron chi connectivity index (χ0n) is 22.7. The van der Waals surface area contributed by atoms with Gasteiger partial charge in [0.05, 0.1) is 11.0 Å². The van der Waals surface area contributed by atoms with Gasteiger partial charge in [-0.1, -0.05) is 40.7 Å². The van der Waals surface area contributed by atoms with E-state index in [0.29, 0.717) is 25.7 Å². The Morgan fingerprint density at radius 1 is 0.973 bits per heavy atom. The van der Waals surface area contributed by atoms with Crippen molar-refractivity contribution in [1.29, 1.82) is 5.26 Å². The second-order valence-corrected chi connectivity index (χ2v) is 14.8. The van der Waals surface area contributed by atoms with Gasteiger partial charge in [0.2, 0.25) is 0 Å². The minimum atomic E-state index is -1.79. The smallest absolute Gasteiger partial charge is 0.310 e. The molecule has 0 bridgehead atoms. The number of carbonyl (C=O) groups excluding carboxylic acids is 2. The first-order chi connectivity index (χ1) is 17.1. The summed E-state index contributed by atoms with van der Waals surface area (Å²) in [6.07, 6.45) is 9.14. The van der Waals surface area contributed by atoms with Crippen molar-refractivity contribution in [3.8, 4) is 6.07 Å². The molecule has 6 rings (SSSR count). The van der Waals surface area contributed by atoms with Gasteiger partial charge in [-0.2, -0.15) is 5.26 Å². The van der Waals surface area contributed by atoms with Crippen molar-refractivity contribution < 1.29 is 24.6 Å². The van der Waals surface area contributed by atoms with Crippen molar-refractivity contribution >= 4 is 17.5 Å². The SMILES string of the molecule is CC1(C)CC[C@]2(C(=O)O)CC[C@@]3(C)[C@]4(C)CC[C@H]5C6(CC6)C(=O)C(C#N)=C[C@]5(C)C4=CC(=O)[C@]3(O)C2C1. The molecule has 198 valence electrons. The molecule has 6 aliphatic carbocycles. The first kappa shape index (κ1) is 25.0. The predicted octanol–water partition coefficient (Wildman–Crippen LogP) is 5.16. The lowest BCUT2D eigenvalue weighted by Crippen LogP contribution is -2.74. The number of nitriles is 1. The third kappa shape index (κ3) is 2.58. The molecule has 0 amide bonds. The van der Waals surface area contributed by atoms with Crippen molar-refractivity contribution in [3.05, 3.63) is 23.3 Å². The monoisotopic (exact) mass is 505 g/mol. The molecule has 4 saturated carbocycles. The minimum absolute atomic E-state index is 0.0295. The summed E-state index contributed by atoms with van der Waals surface area (Å²) >= 11 is 0. The molecule has 0 aromatic carbocycles. The van der Waals surface area contributed by atoms with E-state index in [2.05, 4.69) is 33.8 Å². The molecule has 6 nitrogen and oxygen atoms in total. The van der Waals surface area contributed by atoms with Crippen LogP contribution in [0, 0.1) is 55.7 Å². The van der Waals surface area contributed by atoms with Gasteiger partial charge in [-0.15, -0.1) is 0 Å². The zero-order chi connectivity index (χ0) is 27.0. The Balaban J connectivity index is 1.57. The van der Waals surface area contributed by atoms with Gasteiger partial charge in [0.15, 0.2) is 11.6 Å². The third-order valence-electron chi connectivity index (χ3n) is 12.9. The lowest BCUT2D eigenvalue weighted by Gasteiger charge is -2.70. The van der Waals surface area contributed by atoms with Gasteiger partial charge in [0.25, 0.3) is 0 Å². The normalized spacial score (nSPS) is 48.9. The van der Waals surface area contributed by atoms with Crippen LogP contribution in [0.25, 0.3) is 0 Å². The van der Waals surface area contributed by atoms with E-state index in [4.69, 9.17) is 0 Å². The number of aliphatic carboxylic acids is 1. The van der Waals surface area contributed by atoms with E-state index in [0.717, 1.165) is 37.7 Å². The fraction of sp³-hybridized carbons (Fsp3) is 0.742. The second-order valence-electron chi connectivity index (χ2n) is 14.8. The van der Waals surface area contributed by atoms with Gasteiger partial charge in [0.1, 0.15) is 11.7 Å². The highest BCUT2D eigenvalue weighted by molar-refractivity contribution is 6.07. The summed E-state index contributed by atoms with van der Waals surface area (Å²) in [6.45, 7) is 10.5. The molecule has 4 fully saturated rings. The number of allylic oxidation sites excluding steroid dienone is 3. The number of Topliss-reactive ketones (excluding diaryl/α,β-unsaturated/α-hetero) is 1. The number of carboxylic acids is 1. The summed E-state index contributed by atoms with van der Waals surface area (Å²) < 4.78 is 0. The molecule has 0 radical (unpaired) electrons. The Labute approximate surface area is 219 Å². The van der Waals surface area contributed by atoms with Gasteiger partial charge < -0.3 is 10.2 Å². The summed E-state index contributed by atoms with van der Waals surface area (Å²) in [5.41, 5.74) is -4.49. The Hall–Kier alpha value is -2.26. The summed E-state index contributed by atoms with van der Waals surface area (Å²) in [7, 11) is 0. The fourth-order valence-electron chi connectivity index (χ4n) is 10.4. The Kier molecular flexibility index (Phi) is 4.63. The maximum absolute atomic E-state index is 14.3. The highest BCUT2D eigenvalue weighted by Gasteiger charge is 2.77. The Morgan fingerprint density at radius 3 is 2.22 bits per heavy atom. The average Bonchev–Trinajstić information content (AvgIpc) is 3.62. The number of nitrogens with zero attached hydrogens (tertiary/aromatic N) is 1. The molecule has 37 heavy (non-hydrogen) atoms. The number of rotatable bonds is 1. The number of aliphatic hydroxyl groups is 1. The molecule has 0 aliphatic heterocycles. The largest absolute Gasteiger partial charge is 0.481 e. The van der Waals surface area contributed by atoms with Gasteiger partial charge in [-0.3, -0.25) is 14.4 Å². The van der Waals surface area contributed by atoms with Gasteiger partial charge in [-0.05, 0) is 86.2 Å². The van der Waals surface area contributed by atoms with Crippen molar-refractivity contribution in [1.82, 2.24) is 0 Å². The first-order valence-electron chi connectivity index (χ1n) is 14.0. The third-order valence-corrected chi connectivity index (χ3v) is 12.9. The molecular formula is C31H39NO5. The van der Waals surface area contributed by atoms with Crippen LogP contribution in [0.1, 0.15) is 92.4 Å². The van der Waals surface area contributed by atoms with Crippen LogP contribution < -0.4 is 0 Å². The molecule has 0 aromatic rings.